The molecule has 0 aliphatic heterocycles. The number of furan rings is 1. The predicted molar refractivity (Wildman–Crippen MR) is 75.3 cm³/mol. The number of fused-ring (bicyclic) bond motifs is 1. The van der Waals surface area contributed by atoms with E-state index in [1.807, 2.05) is 30.3 Å². The van der Waals surface area contributed by atoms with Gasteiger partial charge in [-0.25, -0.2) is 4.98 Å². The van der Waals surface area contributed by atoms with E-state index in [-0.39, 0.29) is 5.91 Å². The Morgan fingerprint density at radius 2 is 2.15 bits per heavy atom. The van der Waals surface area contributed by atoms with Gasteiger partial charge < -0.3 is 9.73 Å². The molecule has 0 aliphatic carbocycles. The predicted octanol–water partition coefficient (Wildman–Crippen LogP) is 2.97. The first kappa shape index (κ1) is 12.3. The maximum atomic E-state index is 12.2. The first-order valence-corrected chi connectivity index (χ1v) is 6.29. The standard InChI is InChI=1S/C15H13N3O2/c1-10(15(19)18-14-9-16-6-7-17-14)13-8-11-4-2-3-5-12(11)20-13/h2-10H,1H3,(H,17,18,19)/t10-/m1/s1. The summed E-state index contributed by atoms with van der Waals surface area (Å²) in [5, 5.41) is 3.70. The van der Waals surface area contributed by atoms with E-state index in [1.165, 1.54) is 12.4 Å². The molecule has 0 spiro atoms. The van der Waals surface area contributed by atoms with Crippen molar-refractivity contribution in [2.24, 2.45) is 0 Å². The average Bonchev–Trinajstić information content (AvgIpc) is 2.91. The molecule has 0 unspecified atom stereocenters. The van der Waals surface area contributed by atoms with Crippen LogP contribution in [0.4, 0.5) is 5.82 Å². The highest BCUT2D eigenvalue weighted by atomic mass is 16.3. The molecule has 5 heteroatoms. The summed E-state index contributed by atoms with van der Waals surface area (Å²) in [5.74, 6) is 0.488. The average molecular weight is 267 g/mol. The summed E-state index contributed by atoms with van der Waals surface area (Å²) in [6.07, 6.45) is 4.59. The van der Waals surface area contributed by atoms with Gasteiger partial charge in [0.15, 0.2) is 5.82 Å². The van der Waals surface area contributed by atoms with Gasteiger partial charge in [-0.05, 0) is 19.1 Å². The largest absolute Gasteiger partial charge is 0.460 e. The molecule has 0 saturated carbocycles. The molecule has 100 valence electrons. The number of carbonyl (C=O) groups excluding carboxylic acids is 1. The zero-order chi connectivity index (χ0) is 13.9. The number of amides is 1. The third kappa shape index (κ3) is 2.38. The van der Waals surface area contributed by atoms with Crippen molar-refractivity contribution in [2.75, 3.05) is 5.32 Å². The van der Waals surface area contributed by atoms with Crippen LogP contribution in [0.5, 0.6) is 0 Å². The van der Waals surface area contributed by atoms with Gasteiger partial charge in [-0.2, -0.15) is 0 Å². The van der Waals surface area contributed by atoms with Crippen molar-refractivity contribution < 1.29 is 9.21 Å². The second-order valence-corrected chi connectivity index (χ2v) is 4.49. The van der Waals surface area contributed by atoms with Crippen molar-refractivity contribution >= 4 is 22.7 Å². The molecule has 0 aliphatic rings. The first-order chi connectivity index (χ1) is 9.74. The van der Waals surface area contributed by atoms with Crippen molar-refractivity contribution in [2.45, 2.75) is 12.8 Å². The van der Waals surface area contributed by atoms with E-state index in [0.29, 0.717) is 11.6 Å². The molecular weight excluding hydrogens is 254 g/mol. The van der Waals surface area contributed by atoms with Crippen LogP contribution in [0.25, 0.3) is 11.0 Å². The van der Waals surface area contributed by atoms with E-state index in [4.69, 9.17) is 4.42 Å². The Kier molecular flexibility index (Phi) is 3.16. The van der Waals surface area contributed by atoms with E-state index >= 15 is 0 Å². The van der Waals surface area contributed by atoms with Crippen LogP contribution >= 0.6 is 0 Å². The second kappa shape index (κ2) is 5.13. The number of hydrogen-bond acceptors (Lipinski definition) is 4. The fourth-order valence-electron chi connectivity index (χ4n) is 1.94. The highest BCUT2D eigenvalue weighted by Crippen LogP contribution is 2.25. The summed E-state index contributed by atoms with van der Waals surface area (Å²) >= 11 is 0. The molecule has 3 rings (SSSR count). The Balaban J connectivity index is 1.81. The van der Waals surface area contributed by atoms with E-state index in [0.717, 1.165) is 11.0 Å². The number of hydrogen-bond donors (Lipinski definition) is 1. The second-order valence-electron chi connectivity index (χ2n) is 4.49. The number of nitrogens with zero attached hydrogens (tertiary/aromatic N) is 2. The van der Waals surface area contributed by atoms with Gasteiger partial charge in [0, 0.05) is 17.8 Å². The summed E-state index contributed by atoms with van der Waals surface area (Å²) in [4.78, 5) is 20.1. The molecule has 1 amide bonds. The van der Waals surface area contributed by atoms with E-state index < -0.39 is 5.92 Å². The highest BCUT2D eigenvalue weighted by Gasteiger charge is 2.19. The molecule has 20 heavy (non-hydrogen) atoms. The van der Waals surface area contributed by atoms with Gasteiger partial charge in [0.25, 0.3) is 0 Å². The van der Waals surface area contributed by atoms with Crippen molar-refractivity contribution in [1.82, 2.24) is 9.97 Å². The van der Waals surface area contributed by atoms with Crippen molar-refractivity contribution in [3.8, 4) is 0 Å². The van der Waals surface area contributed by atoms with Gasteiger partial charge in [0.05, 0.1) is 12.1 Å². The van der Waals surface area contributed by atoms with E-state index in [1.54, 1.807) is 13.1 Å². The minimum absolute atomic E-state index is 0.176. The fraction of sp³-hybridized carbons (Fsp3) is 0.133. The molecule has 0 fully saturated rings. The molecule has 2 aromatic heterocycles. The van der Waals surface area contributed by atoms with Crippen LogP contribution in [0.2, 0.25) is 0 Å². The molecule has 1 atom stereocenters. The number of benzene rings is 1. The summed E-state index contributed by atoms with van der Waals surface area (Å²) in [7, 11) is 0. The third-order valence-electron chi connectivity index (χ3n) is 3.08. The van der Waals surface area contributed by atoms with Crippen LogP contribution in [0.1, 0.15) is 18.6 Å². The summed E-state index contributed by atoms with van der Waals surface area (Å²) in [6.45, 7) is 1.80. The molecule has 0 bridgehead atoms. The number of aromatic nitrogens is 2. The Morgan fingerprint density at radius 3 is 2.90 bits per heavy atom. The van der Waals surface area contributed by atoms with Gasteiger partial charge >= 0.3 is 0 Å². The lowest BCUT2D eigenvalue weighted by Gasteiger charge is -2.08. The van der Waals surface area contributed by atoms with E-state index in [2.05, 4.69) is 15.3 Å². The lowest BCUT2D eigenvalue weighted by atomic mass is 10.1. The maximum absolute atomic E-state index is 12.2. The van der Waals surface area contributed by atoms with Crippen LogP contribution in [-0.4, -0.2) is 15.9 Å². The molecule has 1 N–H and O–H groups in total. The van der Waals surface area contributed by atoms with Gasteiger partial charge in [-0.15, -0.1) is 0 Å². The first-order valence-electron chi connectivity index (χ1n) is 6.29. The van der Waals surface area contributed by atoms with Crippen LogP contribution in [0.3, 0.4) is 0 Å². The molecule has 0 radical (unpaired) electrons. The van der Waals surface area contributed by atoms with Gasteiger partial charge in [0.2, 0.25) is 5.91 Å². The number of anilines is 1. The Hall–Kier alpha value is -2.69. The number of nitrogens with one attached hydrogen (secondary N) is 1. The zero-order valence-corrected chi connectivity index (χ0v) is 10.9. The lowest BCUT2D eigenvalue weighted by molar-refractivity contribution is -0.117. The zero-order valence-electron chi connectivity index (χ0n) is 10.9. The van der Waals surface area contributed by atoms with Crippen LogP contribution in [0, 0.1) is 0 Å². The number of carbonyl (C=O) groups is 1. The van der Waals surface area contributed by atoms with Crippen molar-refractivity contribution in [3.05, 3.63) is 54.7 Å². The summed E-state index contributed by atoms with van der Waals surface area (Å²) in [6, 6.07) is 9.56. The summed E-state index contributed by atoms with van der Waals surface area (Å²) < 4.78 is 5.69. The van der Waals surface area contributed by atoms with E-state index in [9.17, 15) is 4.79 Å². The van der Waals surface area contributed by atoms with Gasteiger partial charge in [-0.1, -0.05) is 18.2 Å². The Labute approximate surface area is 115 Å². The van der Waals surface area contributed by atoms with Crippen LogP contribution in [0.15, 0.2) is 53.3 Å². The highest BCUT2D eigenvalue weighted by molar-refractivity contribution is 5.95. The lowest BCUT2D eigenvalue weighted by Crippen LogP contribution is -2.19. The molecule has 3 aromatic rings. The monoisotopic (exact) mass is 267 g/mol. The summed E-state index contributed by atoms with van der Waals surface area (Å²) in [5.41, 5.74) is 0.779. The van der Waals surface area contributed by atoms with Crippen molar-refractivity contribution in [1.29, 1.82) is 0 Å². The topological polar surface area (TPSA) is 68.0 Å². The minimum atomic E-state index is -0.399. The third-order valence-corrected chi connectivity index (χ3v) is 3.08. The fourth-order valence-corrected chi connectivity index (χ4v) is 1.94. The number of para-hydroxylation sites is 1. The Morgan fingerprint density at radius 1 is 1.30 bits per heavy atom. The Bertz CT molecular complexity index is 704. The maximum Gasteiger partial charge on any atom is 0.236 e. The molecule has 0 saturated heterocycles. The smallest absolute Gasteiger partial charge is 0.236 e. The molecule has 5 nitrogen and oxygen atoms in total. The molecule has 1 aromatic carbocycles. The van der Waals surface area contributed by atoms with Crippen molar-refractivity contribution in [3.63, 3.8) is 0 Å². The van der Waals surface area contributed by atoms with Gasteiger partial charge in [0.1, 0.15) is 11.3 Å². The van der Waals surface area contributed by atoms with Gasteiger partial charge in [-0.3, -0.25) is 9.78 Å². The SMILES string of the molecule is C[C@@H](C(=O)Nc1cnccn1)c1cc2ccccc2o1. The quantitative estimate of drug-likeness (QED) is 0.792. The van der Waals surface area contributed by atoms with Crippen LogP contribution in [-0.2, 0) is 4.79 Å². The number of rotatable bonds is 3. The van der Waals surface area contributed by atoms with Crippen LogP contribution < -0.4 is 5.32 Å². The normalized spacial score (nSPS) is 12.2. The molecule has 2 heterocycles. The molecular formula is C15H13N3O2. The minimum Gasteiger partial charge on any atom is -0.460 e.